The Bertz CT molecular complexity index is 4010. The number of ether oxygens (including phenoxy) is 12. The summed E-state index contributed by atoms with van der Waals surface area (Å²) in [7, 11) is 0. The van der Waals surface area contributed by atoms with Crippen LogP contribution in [0.2, 0.25) is 0 Å². The summed E-state index contributed by atoms with van der Waals surface area (Å²) in [6, 6.07) is -1.21. The number of β-amino-alcohol motifs (C(OH)–C–C–N with tert-alkyl or cyclic N) is 1. The molecule has 48 nitrogen and oxygen atoms in total. The molecule has 5 aliphatic heterocycles. The summed E-state index contributed by atoms with van der Waals surface area (Å²) in [5.41, 5.74) is 1.67. The van der Waals surface area contributed by atoms with Crippen molar-refractivity contribution in [2.45, 2.75) is 290 Å². The standard InChI is InChI=1S/C19H34N2O6.3C14H22N2O6.C13H22N2O5.C9H16O3.C5H8O2.C4H8O.C3H7NO.Al.ClH.Li.Na.H2O.4H/c1-6-26-17(24)11-13-21(14-15(2)22)16(23)10-8-7-9-12-20-18(25)27-19(3,4)5;2*1-5-21-12(19)9-7-16(8-10(9)17)11(18)6-15-13(20)22-14(2,3)4;1-5-21-12(19)11-9(17)6-7-16(11)10(18)8-15-13(20)22-14(2,3)4;1-8(16)9-6-15(7-10(9)17)11(18)5-14-12(19)20-13(2,3)4;1-3-12-9(11)7-5-4-6-8(2)10;1-3-5(6)7-4-2;1-2-4-5-3-1;1-3(5)2-4;;;;;;;;;/h6-14H2,1-5H3,(H,20,25);2*9H,5-8H2,1-4H3,(H,15,20);11H,5-8H2,1-4H3,(H,15,20);9-10,17H,5-7H2,1-4H3,(H,14,19);3-7H2,1-2H3;3H,1,4H2,2H3;1-4H2;2,4H2,1H3;;1H;;;1H2;;;;/q;;;;;;;;;;;2*+1;;;;;-1/p-1/t;;;;9-,10-;;;;;;;;;;;;;/m....0............./s1. The van der Waals surface area contributed by atoms with E-state index in [2.05, 4.69) is 37.9 Å². The number of carbonyl (C=O) groups excluding carboxylic acids is 23. The van der Waals surface area contributed by atoms with Gasteiger partial charge in [0.2, 0.25) is 29.5 Å². The van der Waals surface area contributed by atoms with Gasteiger partial charge in [-0.2, -0.15) is 0 Å². The molecule has 0 aromatic rings. The van der Waals surface area contributed by atoms with E-state index in [-0.39, 0.29) is 286 Å². The van der Waals surface area contributed by atoms with Crippen LogP contribution in [0.15, 0.2) is 12.7 Å². The van der Waals surface area contributed by atoms with E-state index in [1.807, 2.05) is 0 Å². The fraction of sp³-hybridized carbons (Fsp3) is 0.737. The third-order valence-corrected chi connectivity index (χ3v) is 17.9. The van der Waals surface area contributed by atoms with Gasteiger partial charge in [0.25, 0.3) is 0 Å². The molecule has 52 heteroatoms. The van der Waals surface area contributed by atoms with E-state index in [0.29, 0.717) is 45.4 Å². The number of likely N-dealkylation sites (tertiary alicyclic amines) is 4. The van der Waals surface area contributed by atoms with Crippen molar-refractivity contribution in [3.8, 4) is 0 Å². The van der Waals surface area contributed by atoms with Crippen molar-refractivity contribution in [3.05, 3.63) is 12.7 Å². The van der Waals surface area contributed by atoms with Gasteiger partial charge in [-0.1, -0.05) is 13.0 Å². The van der Waals surface area contributed by atoms with Crippen molar-refractivity contribution < 1.29 is 228 Å². The van der Waals surface area contributed by atoms with E-state index in [1.54, 1.807) is 152 Å². The van der Waals surface area contributed by atoms with Crippen LogP contribution in [-0.2, 0) is 143 Å². The first-order valence-corrected chi connectivity index (χ1v) is 47.2. The van der Waals surface area contributed by atoms with Crippen LogP contribution in [0.1, 0.15) is 252 Å². The molecule has 5 aliphatic rings. The number of aliphatic hydroxyl groups excluding tert-OH is 1. The number of carbonyl (C=O) groups is 23. The number of nitrogens with zero attached hydrogens (tertiary/aromatic N) is 5. The summed E-state index contributed by atoms with van der Waals surface area (Å²) in [5, 5.41) is 21.7. The number of Topliss-reactive ketones (excluding diaryl/α,β-unsaturated/α-hetero) is 7. The molecule has 3 unspecified atom stereocenters. The number of hydrogen-bond donors (Lipinski definition) is 7. The molecule has 5 heterocycles. The van der Waals surface area contributed by atoms with Crippen LogP contribution in [0, 0.1) is 17.8 Å². The van der Waals surface area contributed by atoms with Crippen LogP contribution in [0.4, 0.5) is 24.0 Å². The number of nitrogens with two attached hydrogens (primary N) is 1. The van der Waals surface area contributed by atoms with Gasteiger partial charge in [-0.25, -0.2) is 33.6 Å². The topological polar surface area (TPSA) is 656 Å². The van der Waals surface area contributed by atoms with Gasteiger partial charge in [-0.3, -0.25) is 71.9 Å². The van der Waals surface area contributed by atoms with Crippen LogP contribution in [0.5, 0.6) is 0 Å². The second-order valence-electron chi connectivity index (χ2n) is 36.8. The maximum atomic E-state index is 12.3. The van der Waals surface area contributed by atoms with Crippen LogP contribution < -0.4 is 80.7 Å². The molecule has 5 fully saturated rings. The van der Waals surface area contributed by atoms with Gasteiger partial charge in [0, 0.05) is 90.8 Å². The van der Waals surface area contributed by atoms with E-state index < -0.39 is 124 Å². The molecule has 0 aromatic heterocycles. The molecule has 0 radical (unpaired) electrons. The Hall–Kier alpha value is -9.79. The molecule has 836 valence electrons. The van der Waals surface area contributed by atoms with E-state index in [9.17, 15) is 115 Å². The van der Waals surface area contributed by atoms with E-state index >= 15 is 0 Å². The first-order chi connectivity index (χ1) is 65.8. The predicted molar refractivity (Wildman–Crippen MR) is 533 cm³/mol. The summed E-state index contributed by atoms with van der Waals surface area (Å²) < 4.78 is 58.5. The number of amides is 10. The molecule has 0 spiro atoms. The second kappa shape index (κ2) is 84.0. The van der Waals surface area contributed by atoms with Crippen LogP contribution in [-0.4, -0.2) is 380 Å². The van der Waals surface area contributed by atoms with E-state index in [0.717, 1.165) is 49.9 Å². The number of alkyl carbamates (subject to hydrolysis) is 5. The summed E-state index contributed by atoms with van der Waals surface area (Å²) in [5.74, 6) is -8.39. The predicted octanol–water partition coefficient (Wildman–Crippen LogP) is -1.24. The van der Waals surface area contributed by atoms with Gasteiger partial charge >= 0.3 is 115 Å². The Balaban J connectivity index is -0.000000187. The average Bonchev–Trinajstić information content (AvgIpc) is 1.55. The number of esters is 6. The van der Waals surface area contributed by atoms with Crippen molar-refractivity contribution in [1.82, 2.24) is 51.1 Å². The first kappa shape index (κ1) is 155. The number of rotatable bonds is 36. The van der Waals surface area contributed by atoms with Gasteiger partial charge in [-0.05, 0) is 212 Å². The van der Waals surface area contributed by atoms with Crippen molar-refractivity contribution in [2.75, 3.05) is 151 Å². The zero-order chi connectivity index (χ0) is 110. The van der Waals surface area contributed by atoms with Crippen molar-refractivity contribution in [3.63, 3.8) is 0 Å². The van der Waals surface area contributed by atoms with Crippen LogP contribution in [0.3, 0.4) is 0 Å². The fourth-order valence-electron chi connectivity index (χ4n) is 11.6. The quantitative estimate of drug-likeness (QED) is 0.00963. The monoisotopic (exact) mass is 2150 g/mol. The molecular formula is C95H167AlClLiN11NaO37. The number of hydrogen-bond acceptors (Lipinski definition) is 38. The molecule has 5 atom stereocenters. The van der Waals surface area contributed by atoms with Gasteiger partial charge in [0.15, 0.2) is 40.8 Å². The summed E-state index contributed by atoms with van der Waals surface area (Å²) in [4.78, 5) is 269. The molecular weight excluding hydrogens is 1980 g/mol. The third kappa shape index (κ3) is 82.7. The molecule has 0 aromatic carbocycles. The van der Waals surface area contributed by atoms with Gasteiger partial charge in [0.1, 0.15) is 89.2 Å². The number of halogens is 1. The fourth-order valence-corrected chi connectivity index (χ4v) is 11.6. The maximum absolute atomic E-state index is 12.3. The van der Waals surface area contributed by atoms with Crippen molar-refractivity contribution >= 4 is 166 Å². The number of ketones is 7. The normalized spacial score (nSPS) is 15.4. The number of nitrogens with one attached hydrogen (secondary N) is 5. The Morgan fingerprint density at radius 2 is 0.803 bits per heavy atom. The number of unbranched alkanes of at least 4 members (excludes halogenated alkanes) is 3. The smallest absolute Gasteiger partial charge is 1.00 e. The zero-order valence-electron chi connectivity index (χ0n) is 91.8. The maximum Gasteiger partial charge on any atom is 1.00 e. The molecule has 0 aliphatic carbocycles. The third-order valence-electron chi connectivity index (χ3n) is 17.9. The van der Waals surface area contributed by atoms with Crippen molar-refractivity contribution in [2.24, 2.45) is 23.5 Å². The molecule has 10 amide bonds. The van der Waals surface area contributed by atoms with Gasteiger partial charge in [-0.15, -0.1) is 12.4 Å². The van der Waals surface area contributed by atoms with Crippen LogP contribution >= 0.6 is 12.4 Å². The average molecular weight is 2150 g/mol. The molecule has 0 saturated carbocycles. The molecule has 0 bridgehead atoms. The Morgan fingerprint density at radius 1 is 0.456 bits per heavy atom. The van der Waals surface area contributed by atoms with Gasteiger partial charge in [0.05, 0.1) is 84.3 Å². The first-order valence-electron chi connectivity index (χ1n) is 47.2. The van der Waals surface area contributed by atoms with Crippen molar-refractivity contribution in [1.29, 1.82) is 0 Å². The Labute approximate surface area is 916 Å². The summed E-state index contributed by atoms with van der Waals surface area (Å²) in [6.45, 7) is 48.5. The van der Waals surface area contributed by atoms with Crippen LogP contribution in [0.25, 0.3) is 0 Å². The second-order valence-corrected chi connectivity index (χ2v) is 36.8. The van der Waals surface area contributed by atoms with E-state index in [4.69, 9.17) is 57.8 Å². The Morgan fingerprint density at radius 3 is 1.12 bits per heavy atom. The molecule has 147 heavy (non-hydrogen) atoms. The SMILES string of the molecule is C1CCOC1.C=CC(=O)OCC.CC(=O)CN.CC(=O)[C@@H]1CN(C(=O)CNC(=O)OC(C)(C)C)C[C@@H]1O.CCOC(=O)C1C(=O)CCN1C(=O)CNC(=O)OC(C)(C)C.CCOC(=O)C1CN(C(=O)CNC(=O)OC(C)(C)C)CC1=O.CCOC(=O)C1CN(C(=O)CNC(=O)OC(C)(C)C)CC1=O.CCOC(=O)CCCCC(C)=O.CCOC(=O)CCN(CC(C)=O)C(=O)CCCCCNC(=O)OC(C)(C)C.Cl.[AlH3].[H-].[Li+].[Na+].[OH-]. The molecule has 5 rings (SSSR count). The minimum atomic E-state index is -1.21. The number of aliphatic hydroxyl groups is 1. The largest absolute Gasteiger partial charge is 1.00 e. The minimum absolute atomic E-state index is 0. The minimum Gasteiger partial charge on any atom is -1.00 e. The molecule has 9 N–H and O–H groups in total. The summed E-state index contributed by atoms with van der Waals surface area (Å²) >= 11 is 0. The van der Waals surface area contributed by atoms with Gasteiger partial charge < -0.3 is 130 Å². The Kier molecular flexibility index (Phi) is 88.5. The molecule has 5 saturated heterocycles. The zero-order valence-corrected chi connectivity index (χ0v) is 93.6. The van der Waals surface area contributed by atoms with E-state index in [1.165, 1.54) is 53.2 Å². The summed E-state index contributed by atoms with van der Waals surface area (Å²) in [6.07, 6.45) is 4.70.